The van der Waals surface area contributed by atoms with Crippen LogP contribution in [-0.2, 0) is 13.6 Å². The predicted octanol–water partition coefficient (Wildman–Crippen LogP) is 2.16. The van der Waals surface area contributed by atoms with E-state index in [0.29, 0.717) is 16.7 Å². The molecule has 0 aliphatic rings. The maximum absolute atomic E-state index is 11.7. The summed E-state index contributed by atoms with van der Waals surface area (Å²) in [7, 11) is 3.25. The number of aryl methyl sites for hydroxylation is 1. The van der Waals surface area contributed by atoms with Crippen LogP contribution in [-0.4, -0.2) is 16.9 Å². The molecule has 100 valence electrons. The van der Waals surface area contributed by atoms with Gasteiger partial charge in [0, 0.05) is 13.6 Å². The average molecular weight is 324 g/mol. The quantitative estimate of drug-likeness (QED) is 0.936. The summed E-state index contributed by atoms with van der Waals surface area (Å²) in [5, 5.41) is 7.14. The van der Waals surface area contributed by atoms with Gasteiger partial charge in [-0.3, -0.25) is 4.79 Å². The lowest BCUT2D eigenvalue weighted by Crippen LogP contribution is -2.21. The van der Waals surface area contributed by atoms with E-state index >= 15 is 0 Å². The number of hydrogen-bond acceptors (Lipinski definition) is 4. The first-order chi connectivity index (χ1) is 9.11. The minimum atomic E-state index is -0.167. The monoisotopic (exact) mass is 323 g/mol. The van der Waals surface area contributed by atoms with Gasteiger partial charge in [0.25, 0.3) is 5.56 Å². The molecule has 0 bridgehead atoms. The van der Waals surface area contributed by atoms with Gasteiger partial charge < -0.3 is 10.1 Å². The van der Waals surface area contributed by atoms with Crippen LogP contribution in [0.1, 0.15) is 5.56 Å². The maximum atomic E-state index is 11.7. The van der Waals surface area contributed by atoms with E-state index in [1.807, 2.05) is 24.3 Å². The largest absolute Gasteiger partial charge is 0.497 e. The fourth-order valence-corrected chi connectivity index (χ4v) is 2.07. The average Bonchev–Trinajstić information content (AvgIpc) is 2.45. The molecule has 0 spiro atoms. The first kappa shape index (κ1) is 13.6. The molecule has 1 aromatic heterocycles. The number of rotatable bonds is 4. The number of anilines is 1. The van der Waals surface area contributed by atoms with Crippen molar-refractivity contribution in [2.75, 3.05) is 12.4 Å². The van der Waals surface area contributed by atoms with Gasteiger partial charge in [0.05, 0.1) is 19.0 Å². The van der Waals surface area contributed by atoms with Crippen molar-refractivity contribution in [3.05, 3.63) is 50.9 Å². The van der Waals surface area contributed by atoms with Gasteiger partial charge >= 0.3 is 0 Å². The summed E-state index contributed by atoms with van der Waals surface area (Å²) in [6.07, 6.45) is 1.62. The maximum Gasteiger partial charge on any atom is 0.282 e. The lowest BCUT2D eigenvalue weighted by molar-refractivity contribution is 0.414. The number of halogens is 1. The zero-order chi connectivity index (χ0) is 13.8. The highest BCUT2D eigenvalue weighted by atomic mass is 79.9. The van der Waals surface area contributed by atoms with Crippen LogP contribution in [0.5, 0.6) is 5.75 Å². The van der Waals surface area contributed by atoms with Gasteiger partial charge in [-0.2, -0.15) is 5.10 Å². The van der Waals surface area contributed by atoms with Crippen LogP contribution < -0.4 is 15.6 Å². The molecule has 2 rings (SSSR count). The third kappa shape index (κ3) is 3.14. The predicted molar refractivity (Wildman–Crippen MR) is 77.5 cm³/mol. The van der Waals surface area contributed by atoms with E-state index in [0.717, 1.165) is 11.3 Å². The Kier molecular flexibility index (Phi) is 4.21. The number of nitrogens with zero attached hydrogens (tertiary/aromatic N) is 2. The van der Waals surface area contributed by atoms with E-state index in [1.54, 1.807) is 20.4 Å². The molecular weight excluding hydrogens is 310 g/mol. The van der Waals surface area contributed by atoms with Crippen molar-refractivity contribution in [2.24, 2.45) is 7.05 Å². The first-order valence-corrected chi connectivity index (χ1v) is 6.49. The van der Waals surface area contributed by atoms with Crippen molar-refractivity contribution >= 4 is 21.6 Å². The Balaban J connectivity index is 2.10. The van der Waals surface area contributed by atoms with Gasteiger partial charge in [-0.15, -0.1) is 0 Å². The van der Waals surface area contributed by atoms with E-state index in [9.17, 15) is 4.79 Å². The third-order valence-electron chi connectivity index (χ3n) is 2.72. The molecule has 6 heteroatoms. The molecule has 0 saturated carbocycles. The first-order valence-electron chi connectivity index (χ1n) is 5.70. The number of hydrogen-bond donors (Lipinski definition) is 1. The molecule has 1 aromatic carbocycles. The van der Waals surface area contributed by atoms with Gasteiger partial charge in [0.15, 0.2) is 0 Å². The summed E-state index contributed by atoms with van der Waals surface area (Å²) < 4.78 is 6.86. The van der Waals surface area contributed by atoms with Crippen LogP contribution in [0, 0.1) is 0 Å². The lowest BCUT2D eigenvalue weighted by Gasteiger charge is -2.09. The van der Waals surface area contributed by atoms with Crippen LogP contribution in [0.15, 0.2) is 39.7 Å². The zero-order valence-corrected chi connectivity index (χ0v) is 12.3. The Morgan fingerprint density at radius 3 is 2.68 bits per heavy atom. The highest BCUT2D eigenvalue weighted by Crippen LogP contribution is 2.18. The molecule has 2 aromatic rings. The highest BCUT2D eigenvalue weighted by Gasteiger charge is 2.06. The van der Waals surface area contributed by atoms with Gasteiger partial charge in [0.2, 0.25) is 0 Å². The topological polar surface area (TPSA) is 56.1 Å². The van der Waals surface area contributed by atoms with Crippen LogP contribution in [0.25, 0.3) is 0 Å². The summed E-state index contributed by atoms with van der Waals surface area (Å²) in [6.45, 7) is 0.609. The van der Waals surface area contributed by atoms with E-state index in [-0.39, 0.29) is 5.56 Å². The van der Waals surface area contributed by atoms with E-state index in [2.05, 4.69) is 26.3 Å². The van der Waals surface area contributed by atoms with Crippen LogP contribution >= 0.6 is 15.9 Å². The molecule has 0 aliphatic heterocycles. The summed E-state index contributed by atoms with van der Waals surface area (Å²) in [6, 6.07) is 7.73. The fourth-order valence-electron chi connectivity index (χ4n) is 1.57. The van der Waals surface area contributed by atoms with Gasteiger partial charge in [-0.05, 0) is 33.6 Å². The third-order valence-corrected chi connectivity index (χ3v) is 3.49. The Morgan fingerprint density at radius 1 is 1.37 bits per heavy atom. The van der Waals surface area contributed by atoms with E-state index in [1.165, 1.54) is 4.68 Å². The van der Waals surface area contributed by atoms with Crippen LogP contribution in [0.4, 0.5) is 5.69 Å². The molecule has 5 nitrogen and oxygen atoms in total. The minimum Gasteiger partial charge on any atom is -0.497 e. The zero-order valence-electron chi connectivity index (χ0n) is 10.7. The van der Waals surface area contributed by atoms with Gasteiger partial charge in [-0.1, -0.05) is 12.1 Å². The molecule has 1 N–H and O–H groups in total. The number of ether oxygens (including phenoxy) is 1. The van der Waals surface area contributed by atoms with E-state index < -0.39 is 0 Å². The smallest absolute Gasteiger partial charge is 0.282 e. The molecule has 0 radical (unpaired) electrons. The van der Waals surface area contributed by atoms with Crippen LogP contribution in [0.3, 0.4) is 0 Å². The molecule has 0 fully saturated rings. The van der Waals surface area contributed by atoms with Crippen molar-refractivity contribution in [1.29, 1.82) is 0 Å². The molecule has 0 unspecified atom stereocenters. The molecule has 1 heterocycles. The fraction of sp³-hybridized carbons (Fsp3) is 0.231. The highest BCUT2D eigenvalue weighted by molar-refractivity contribution is 9.10. The van der Waals surface area contributed by atoms with Crippen LogP contribution in [0.2, 0.25) is 0 Å². The van der Waals surface area contributed by atoms with Crippen molar-refractivity contribution in [2.45, 2.75) is 6.54 Å². The summed E-state index contributed by atoms with van der Waals surface area (Å²) in [4.78, 5) is 11.7. The number of benzene rings is 1. The van der Waals surface area contributed by atoms with Crippen molar-refractivity contribution in [1.82, 2.24) is 9.78 Å². The standard InChI is InChI=1S/C13H14BrN3O2/c1-17-13(18)12(14)11(8-16-17)15-7-9-3-5-10(19-2)6-4-9/h3-6,8,15H,7H2,1-2H3. The van der Waals surface area contributed by atoms with Crippen molar-refractivity contribution in [3.63, 3.8) is 0 Å². The second kappa shape index (κ2) is 5.88. The second-order valence-electron chi connectivity index (χ2n) is 4.00. The second-order valence-corrected chi connectivity index (χ2v) is 4.80. The number of aromatic nitrogens is 2. The van der Waals surface area contributed by atoms with Crippen molar-refractivity contribution in [3.8, 4) is 5.75 Å². The Hall–Kier alpha value is -1.82. The lowest BCUT2D eigenvalue weighted by atomic mass is 10.2. The molecule has 0 atom stereocenters. The molecular formula is C13H14BrN3O2. The summed E-state index contributed by atoms with van der Waals surface area (Å²) in [5.41, 5.74) is 1.60. The van der Waals surface area contributed by atoms with Gasteiger partial charge in [0.1, 0.15) is 10.2 Å². The van der Waals surface area contributed by atoms with Gasteiger partial charge in [-0.25, -0.2) is 4.68 Å². The summed E-state index contributed by atoms with van der Waals surface area (Å²) in [5.74, 6) is 0.820. The number of nitrogens with one attached hydrogen (secondary N) is 1. The number of methoxy groups -OCH3 is 1. The van der Waals surface area contributed by atoms with Crippen molar-refractivity contribution < 1.29 is 4.74 Å². The Labute approximate surface area is 119 Å². The SMILES string of the molecule is COc1ccc(CNc2cnn(C)c(=O)c2Br)cc1. The van der Waals surface area contributed by atoms with E-state index in [4.69, 9.17) is 4.74 Å². The normalized spacial score (nSPS) is 10.3. The Bertz CT molecular complexity index is 623. The summed E-state index contributed by atoms with van der Waals surface area (Å²) >= 11 is 3.27. The molecule has 0 amide bonds. The minimum absolute atomic E-state index is 0.167. The molecule has 0 aliphatic carbocycles. The molecule has 0 saturated heterocycles. The molecule has 19 heavy (non-hydrogen) atoms. The Morgan fingerprint density at radius 2 is 2.05 bits per heavy atom.